The zero-order valence-corrected chi connectivity index (χ0v) is 25.2. The lowest BCUT2D eigenvalue weighted by Crippen LogP contribution is -2.66. The summed E-state index contributed by atoms with van der Waals surface area (Å²) in [4.78, 5) is 20.2. The van der Waals surface area contributed by atoms with Gasteiger partial charge in [-0.2, -0.15) is 0 Å². The number of aromatic nitrogens is 2. The third-order valence-corrected chi connectivity index (χ3v) is 11.7. The summed E-state index contributed by atoms with van der Waals surface area (Å²) in [6.45, 7) is 4.92. The van der Waals surface area contributed by atoms with Crippen LogP contribution < -0.4 is 9.80 Å². The van der Waals surface area contributed by atoms with Crippen molar-refractivity contribution < 1.29 is 4.48 Å². The van der Waals surface area contributed by atoms with Crippen LogP contribution in [0.1, 0.15) is 33.1 Å². The van der Waals surface area contributed by atoms with Gasteiger partial charge in [0.2, 0.25) is 0 Å². The minimum atomic E-state index is 0.337. The summed E-state index contributed by atoms with van der Waals surface area (Å²) in [6, 6.07) is 27.7. The molecule has 1 fully saturated rings. The number of pyridine rings is 2. The molecule has 3 aliphatic rings. The smallest absolute Gasteiger partial charge is 0.147 e. The zero-order chi connectivity index (χ0) is 27.4. The summed E-state index contributed by atoms with van der Waals surface area (Å²) in [7, 11) is 4.88. The number of hydrogen-bond acceptors (Lipinski definition) is 6. The second-order valence-corrected chi connectivity index (χ2v) is 13.9. The Morgan fingerprint density at radius 1 is 0.625 bits per heavy atom. The van der Waals surface area contributed by atoms with Gasteiger partial charge >= 0.3 is 0 Å². The van der Waals surface area contributed by atoms with E-state index in [0.29, 0.717) is 24.2 Å². The SMILES string of the molecule is CC1C(N2c3ccccc3Sc3cccnc32)CCCC(N2c3ccccc3Sc3cccnc32)C(C)[N+]1(C)C. The Balaban J connectivity index is 1.29. The summed E-state index contributed by atoms with van der Waals surface area (Å²) in [5.41, 5.74) is 2.58. The topological polar surface area (TPSA) is 32.3 Å². The van der Waals surface area contributed by atoms with E-state index in [-0.39, 0.29) is 0 Å². The molecule has 5 nitrogen and oxygen atoms in total. The molecule has 4 atom stereocenters. The molecule has 2 aromatic heterocycles. The summed E-state index contributed by atoms with van der Waals surface area (Å²) in [5.74, 6) is 2.21. The van der Waals surface area contributed by atoms with E-state index in [4.69, 9.17) is 9.97 Å². The third-order valence-electron chi connectivity index (χ3n) is 9.52. The fraction of sp³-hybridized carbons (Fsp3) is 0.333. The van der Waals surface area contributed by atoms with Crippen LogP contribution >= 0.6 is 23.5 Å². The lowest BCUT2D eigenvalue weighted by molar-refractivity contribution is -0.937. The van der Waals surface area contributed by atoms with Gasteiger partial charge in [-0.05, 0) is 81.6 Å². The molecule has 0 aliphatic carbocycles. The number of para-hydroxylation sites is 2. The molecule has 0 bridgehead atoms. The number of hydrogen-bond donors (Lipinski definition) is 0. The van der Waals surface area contributed by atoms with E-state index < -0.39 is 0 Å². The maximum absolute atomic E-state index is 4.95. The number of nitrogens with zero attached hydrogens (tertiary/aromatic N) is 5. The van der Waals surface area contributed by atoms with E-state index >= 15 is 0 Å². The molecule has 0 radical (unpaired) electrons. The lowest BCUT2D eigenvalue weighted by atomic mass is 9.87. The molecule has 5 heterocycles. The van der Waals surface area contributed by atoms with Crippen LogP contribution in [0.5, 0.6) is 0 Å². The number of quaternary nitrogens is 1. The fourth-order valence-electron chi connectivity index (χ4n) is 6.87. The molecule has 0 spiro atoms. The largest absolute Gasteiger partial charge is 0.321 e. The highest BCUT2D eigenvalue weighted by Crippen LogP contribution is 2.52. The molecule has 40 heavy (non-hydrogen) atoms. The minimum absolute atomic E-state index is 0.337. The van der Waals surface area contributed by atoms with Gasteiger partial charge < -0.3 is 14.3 Å². The maximum atomic E-state index is 4.95. The van der Waals surface area contributed by atoms with E-state index in [0.717, 1.165) is 35.4 Å². The normalized spacial score (nSPS) is 25.1. The fourth-order valence-corrected chi connectivity index (χ4v) is 8.96. The molecule has 1 saturated heterocycles. The van der Waals surface area contributed by atoms with Crippen LogP contribution in [0.15, 0.2) is 105 Å². The zero-order valence-electron chi connectivity index (χ0n) is 23.6. The average Bonchev–Trinajstić information content (AvgIpc) is 2.98. The van der Waals surface area contributed by atoms with Crippen LogP contribution in [0, 0.1) is 0 Å². The first-order valence-corrected chi connectivity index (χ1v) is 15.9. The van der Waals surface area contributed by atoms with Crippen LogP contribution in [0.2, 0.25) is 0 Å². The second-order valence-electron chi connectivity index (χ2n) is 11.7. The van der Waals surface area contributed by atoms with Crippen molar-refractivity contribution in [1.29, 1.82) is 0 Å². The summed E-state index contributed by atoms with van der Waals surface area (Å²) in [6.07, 6.45) is 7.26. The molecular weight excluding hydrogens is 531 g/mol. The van der Waals surface area contributed by atoms with E-state index in [2.05, 4.69) is 111 Å². The van der Waals surface area contributed by atoms with Gasteiger partial charge in [-0.3, -0.25) is 0 Å². The van der Waals surface area contributed by atoms with Gasteiger partial charge in [0.1, 0.15) is 23.7 Å². The van der Waals surface area contributed by atoms with Crippen molar-refractivity contribution in [2.45, 2.75) is 76.9 Å². The van der Waals surface area contributed by atoms with Crippen molar-refractivity contribution in [3.63, 3.8) is 0 Å². The number of likely N-dealkylation sites (N-methyl/N-ethyl adjacent to an activating group) is 1. The Kier molecular flexibility index (Phi) is 6.56. The van der Waals surface area contributed by atoms with Crippen molar-refractivity contribution in [2.75, 3.05) is 23.9 Å². The summed E-state index contributed by atoms with van der Waals surface area (Å²) in [5, 5.41) is 0. The van der Waals surface area contributed by atoms with Gasteiger partial charge in [0, 0.05) is 22.2 Å². The Morgan fingerprint density at radius 3 is 1.52 bits per heavy atom. The van der Waals surface area contributed by atoms with Crippen LogP contribution in [0.25, 0.3) is 0 Å². The standard InChI is InChI=1S/C33H36N5S2/c1-22-24(36-26-12-5-7-16-28(26)39-30-18-10-20-34-32(30)36)14-9-15-25(23(2)38(22,3)4)37-27-13-6-8-17-29(27)40-31-19-11-21-35-33(31)37/h5-8,10-13,16-25H,9,14-15H2,1-4H3/q+1. The van der Waals surface area contributed by atoms with Crippen LogP contribution in [0.3, 0.4) is 0 Å². The highest BCUT2D eigenvalue weighted by molar-refractivity contribution is 8.00. The first-order chi connectivity index (χ1) is 19.4. The lowest BCUT2D eigenvalue weighted by Gasteiger charge is -2.53. The van der Waals surface area contributed by atoms with E-state index in [1.807, 2.05) is 35.9 Å². The maximum Gasteiger partial charge on any atom is 0.147 e. The molecule has 0 amide bonds. The average molecular weight is 567 g/mol. The van der Waals surface area contributed by atoms with Crippen LogP contribution in [0.4, 0.5) is 23.0 Å². The number of likely N-dealkylation sites (tertiary alicyclic amines) is 1. The van der Waals surface area contributed by atoms with Gasteiger partial charge in [-0.1, -0.05) is 47.8 Å². The molecule has 0 saturated carbocycles. The van der Waals surface area contributed by atoms with E-state index in [1.165, 1.54) is 31.0 Å². The van der Waals surface area contributed by atoms with Crippen molar-refractivity contribution in [3.05, 3.63) is 85.2 Å². The molecule has 0 N–H and O–H groups in total. The van der Waals surface area contributed by atoms with Crippen LogP contribution in [-0.2, 0) is 0 Å². The first-order valence-electron chi connectivity index (χ1n) is 14.3. The summed E-state index contributed by atoms with van der Waals surface area (Å²) >= 11 is 3.69. The Hall–Kier alpha value is -3.00. The Morgan fingerprint density at radius 2 is 1.05 bits per heavy atom. The quantitative estimate of drug-likeness (QED) is 0.228. The molecule has 3 aliphatic heterocycles. The van der Waals surface area contributed by atoms with Gasteiger partial charge in [0.25, 0.3) is 0 Å². The molecule has 2 aromatic carbocycles. The number of anilines is 4. The van der Waals surface area contributed by atoms with Crippen molar-refractivity contribution in [2.24, 2.45) is 0 Å². The Labute approximate surface area is 246 Å². The molecular formula is C33H36N5S2+. The van der Waals surface area contributed by atoms with Crippen molar-refractivity contribution in [1.82, 2.24) is 9.97 Å². The van der Waals surface area contributed by atoms with Crippen molar-refractivity contribution >= 4 is 46.5 Å². The molecule has 204 valence electrons. The van der Waals surface area contributed by atoms with Gasteiger partial charge in [-0.25, -0.2) is 9.97 Å². The highest BCUT2D eigenvalue weighted by Gasteiger charge is 2.48. The van der Waals surface area contributed by atoms with E-state index in [9.17, 15) is 0 Å². The van der Waals surface area contributed by atoms with Crippen molar-refractivity contribution in [3.8, 4) is 0 Å². The molecule has 4 unspecified atom stereocenters. The minimum Gasteiger partial charge on any atom is -0.321 e. The molecule has 4 aromatic rings. The number of fused-ring (bicyclic) bond motifs is 4. The first kappa shape index (κ1) is 25.9. The predicted octanol–water partition coefficient (Wildman–Crippen LogP) is 8.16. The predicted molar refractivity (Wildman–Crippen MR) is 166 cm³/mol. The molecule has 7 heteroatoms. The van der Waals surface area contributed by atoms with E-state index in [1.54, 1.807) is 0 Å². The van der Waals surface area contributed by atoms with Gasteiger partial charge in [-0.15, -0.1) is 0 Å². The Bertz CT molecular complexity index is 1350. The molecule has 7 rings (SSSR count). The van der Waals surface area contributed by atoms with Crippen LogP contribution in [-0.4, -0.2) is 52.7 Å². The highest BCUT2D eigenvalue weighted by atomic mass is 32.2. The third kappa shape index (κ3) is 4.13. The number of rotatable bonds is 2. The second kappa shape index (κ2) is 10.1. The summed E-state index contributed by atoms with van der Waals surface area (Å²) < 4.78 is 0.914. The van der Waals surface area contributed by atoms with Gasteiger partial charge in [0.05, 0.1) is 47.3 Å². The monoisotopic (exact) mass is 566 g/mol. The van der Waals surface area contributed by atoms with Gasteiger partial charge in [0.15, 0.2) is 0 Å². The number of benzene rings is 2.